The van der Waals surface area contributed by atoms with Gasteiger partial charge in [0, 0.05) is 25.9 Å². The van der Waals surface area contributed by atoms with Gasteiger partial charge in [0.15, 0.2) is 0 Å². The van der Waals surface area contributed by atoms with Gasteiger partial charge in [-0.15, -0.1) is 0 Å². The van der Waals surface area contributed by atoms with Gasteiger partial charge in [-0.25, -0.2) is 0 Å². The maximum Gasteiger partial charge on any atom is 0.226 e. The quantitative estimate of drug-likeness (QED) is 0.835. The molecule has 0 atom stereocenters. The summed E-state index contributed by atoms with van der Waals surface area (Å²) in [5.41, 5.74) is 1.81. The van der Waals surface area contributed by atoms with Crippen molar-refractivity contribution in [2.45, 2.75) is 13.3 Å². The molecule has 0 unspecified atom stereocenters. The Labute approximate surface area is 150 Å². The fraction of sp³-hybridized carbons (Fsp3) is 0.235. The molecule has 1 heterocycles. The molecule has 1 amide bonds. The lowest BCUT2D eigenvalue weighted by Gasteiger charge is -2.13. The van der Waals surface area contributed by atoms with Crippen LogP contribution in [0.5, 0.6) is 11.5 Å². The number of nitrogens with zero attached hydrogens (tertiary/aromatic N) is 2. The third-order valence-electron chi connectivity index (χ3n) is 3.31. The van der Waals surface area contributed by atoms with E-state index < -0.39 is 0 Å². The zero-order valence-corrected chi connectivity index (χ0v) is 15.1. The van der Waals surface area contributed by atoms with E-state index in [1.54, 1.807) is 38.4 Å². The number of ether oxygens (including phenoxy) is 1. The van der Waals surface area contributed by atoms with Crippen molar-refractivity contribution in [3.63, 3.8) is 0 Å². The number of aryl methyl sites for hydroxylation is 1. The van der Waals surface area contributed by atoms with Crippen LogP contribution in [0.1, 0.15) is 16.8 Å². The normalized spacial score (nSPS) is 10.1. The number of benzene rings is 1. The van der Waals surface area contributed by atoms with Crippen LogP contribution in [0.15, 0.2) is 24.3 Å². The van der Waals surface area contributed by atoms with Crippen LogP contribution in [-0.2, 0) is 11.2 Å². The highest BCUT2D eigenvalue weighted by atomic mass is 35.5. The van der Waals surface area contributed by atoms with Crippen molar-refractivity contribution in [2.75, 3.05) is 14.1 Å². The van der Waals surface area contributed by atoms with Crippen molar-refractivity contribution in [1.29, 1.82) is 5.26 Å². The first kappa shape index (κ1) is 18.0. The first-order valence-electron chi connectivity index (χ1n) is 7.12. The Hall–Kier alpha value is -2.36. The molecule has 0 aliphatic rings. The summed E-state index contributed by atoms with van der Waals surface area (Å²) in [5, 5.41) is 9.60. The van der Waals surface area contributed by atoms with Gasteiger partial charge < -0.3 is 14.6 Å². The maximum absolute atomic E-state index is 11.8. The van der Waals surface area contributed by atoms with Gasteiger partial charge in [-0.3, -0.25) is 4.79 Å². The molecular weight excluding hydrogens is 346 g/mol. The summed E-state index contributed by atoms with van der Waals surface area (Å²) >= 11 is 11.4. The smallest absolute Gasteiger partial charge is 0.226 e. The van der Waals surface area contributed by atoms with E-state index in [4.69, 9.17) is 28.6 Å². The van der Waals surface area contributed by atoms with Gasteiger partial charge >= 0.3 is 0 Å². The first-order chi connectivity index (χ1) is 11.3. The lowest BCUT2D eigenvalue weighted by atomic mass is 10.1. The molecule has 1 aromatic heterocycles. The van der Waals surface area contributed by atoms with E-state index in [-0.39, 0.29) is 17.9 Å². The Balaban J connectivity index is 2.31. The number of H-pyrrole nitrogens is 1. The highest BCUT2D eigenvalue weighted by Gasteiger charge is 2.12. The molecule has 0 saturated carbocycles. The topological polar surface area (TPSA) is 69.1 Å². The van der Waals surface area contributed by atoms with Crippen molar-refractivity contribution < 1.29 is 9.53 Å². The van der Waals surface area contributed by atoms with Gasteiger partial charge in [0.1, 0.15) is 27.8 Å². The van der Waals surface area contributed by atoms with Gasteiger partial charge in [0.2, 0.25) is 5.91 Å². The number of nitrogens with one attached hydrogen (secondary N) is 1. The Morgan fingerprint density at radius 1 is 1.38 bits per heavy atom. The minimum Gasteiger partial charge on any atom is -0.454 e. The molecule has 1 N–H and O–H groups in total. The number of pyridine rings is 1. The molecule has 1 aromatic carbocycles. The van der Waals surface area contributed by atoms with Crippen molar-refractivity contribution in [3.8, 4) is 17.6 Å². The highest BCUT2D eigenvalue weighted by molar-refractivity contribution is 7.71. The summed E-state index contributed by atoms with van der Waals surface area (Å²) in [7, 11) is 3.40. The molecule has 0 aliphatic carbocycles. The van der Waals surface area contributed by atoms with E-state index in [9.17, 15) is 10.1 Å². The van der Waals surface area contributed by atoms with E-state index >= 15 is 0 Å². The van der Waals surface area contributed by atoms with Crippen LogP contribution in [0.4, 0.5) is 0 Å². The second-order valence-corrected chi connectivity index (χ2v) is 6.28. The third-order valence-corrected chi connectivity index (χ3v) is 3.92. The molecule has 24 heavy (non-hydrogen) atoms. The SMILES string of the molecule is Cc1cc(Oc2ccc(CC(=O)N(C)C)cc2Cl)c(C#N)c(=S)[nH]1. The number of carbonyl (C=O) groups excluding carboxylic acids is 1. The number of carbonyl (C=O) groups is 1. The number of likely N-dealkylation sites (N-methyl/N-ethyl adjacent to an activating group) is 1. The number of rotatable bonds is 4. The molecule has 7 heteroatoms. The Morgan fingerprint density at radius 2 is 2.08 bits per heavy atom. The summed E-state index contributed by atoms with van der Waals surface area (Å²) in [4.78, 5) is 16.2. The summed E-state index contributed by atoms with van der Waals surface area (Å²) < 4.78 is 6.08. The van der Waals surface area contributed by atoms with Crippen LogP contribution in [0.25, 0.3) is 0 Å². The zero-order valence-electron chi connectivity index (χ0n) is 13.5. The van der Waals surface area contributed by atoms with Crippen molar-refractivity contribution in [3.05, 3.63) is 50.7 Å². The monoisotopic (exact) mass is 361 g/mol. The van der Waals surface area contributed by atoms with E-state index in [0.29, 0.717) is 21.2 Å². The number of hydrogen-bond donors (Lipinski definition) is 1. The van der Waals surface area contributed by atoms with Gasteiger partial charge in [-0.1, -0.05) is 29.9 Å². The predicted octanol–water partition coefficient (Wildman–Crippen LogP) is 4.00. The average Bonchev–Trinajstić information content (AvgIpc) is 2.49. The second-order valence-electron chi connectivity index (χ2n) is 5.46. The second kappa shape index (κ2) is 7.47. The van der Waals surface area contributed by atoms with Crippen LogP contribution >= 0.6 is 23.8 Å². The summed E-state index contributed by atoms with van der Waals surface area (Å²) in [6, 6.07) is 8.84. The standard InChI is InChI=1S/C17H16ClN3O2S/c1-10-6-15(12(9-19)17(24)20-10)23-14-5-4-11(7-13(14)18)8-16(22)21(2)3/h4-7H,8H2,1-3H3,(H,20,24). The van der Waals surface area contributed by atoms with Crippen molar-refractivity contribution >= 4 is 29.7 Å². The van der Waals surface area contributed by atoms with Gasteiger partial charge in [-0.2, -0.15) is 5.26 Å². The molecule has 0 aliphatic heterocycles. The van der Waals surface area contributed by atoms with Crippen molar-refractivity contribution in [1.82, 2.24) is 9.88 Å². The Bertz CT molecular complexity index is 884. The van der Waals surface area contributed by atoms with Crippen molar-refractivity contribution in [2.24, 2.45) is 0 Å². The molecule has 2 rings (SSSR count). The number of aromatic amines is 1. The number of halogens is 1. The zero-order chi connectivity index (χ0) is 17.9. The minimum absolute atomic E-state index is 0.0172. The maximum atomic E-state index is 11.8. The number of aromatic nitrogens is 1. The first-order valence-corrected chi connectivity index (χ1v) is 7.91. The lowest BCUT2D eigenvalue weighted by Crippen LogP contribution is -2.23. The molecule has 5 nitrogen and oxygen atoms in total. The molecule has 0 saturated heterocycles. The molecule has 124 valence electrons. The van der Waals surface area contributed by atoms with E-state index in [2.05, 4.69) is 4.98 Å². The molecule has 0 spiro atoms. The number of nitriles is 1. The predicted molar refractivity (Wildman–Crippen MR) is 95.0 cm³/mol. The van der Waals surface area contributed by atoms with Crippen LogP contribution in [0.3, 0.4) is 0 Å². The van der Waals surface area contributed by atoms with Gasteiger partial charge in [0.05, 0.1) is 11.4 Å². The van der Waals surface area contributed by atoms with Crippen LogP contribution in [0.2, 0.25) is 5.02 Å². The summed E-state index contributed by atoms with van der Waals surface area (Å²) in [6.45, 7) is 1.82. The summed E-state index contributed by atoms with van der Waals surface area (Å²) in [6.07, 6.45) is 0.256. The molecule has 0 fully saturated rings. The molecule has 0 radical (unpaired) electrons. The average molecular weight is 362 g/mol. The number of amides is 1. The largest absolute Gasteiger partial charge is 0.454 e. The minimum atomic E-state index is -0.0172. The van der Waals surface area contributed by atoms with Gasteiger partial charge in [-0.05, 0) is 24.6 Å². The van der Waals surface area contributed by atoms with E-state index in [1.807, 2.05) is 13.0 Å². The fourth-order valence-electron chi connectivity index (χ4n) is 2.03. The fourth-order valence-corrected chi connectivity index (χ4v) is 2.58. The van der Waals surface area contributed by atoms with Crippen LogP contribution in [0, 0.1) is 22.9 Å². The summed E-state index contributed by atoms with van der Waals surface area (Å²) in [5.74, 6) is 0.725. The Morgan fingerprint density at radius 3 is 2.67 bits per heavy atom. The van der Waals surface area contributed by atoms with Crippen LogP contribution in [-0.4, -0.2) is 29.9 Å². The van der Waals surface area contributed by atoms with Crippen LogP contribution < -0.4 is 4.74 Å². The van der Waals surface area contributed by atoms with Gasteiger partial charge in [0.25, 0.3) is 0 Å². The third kappa shape index (κ3) is 4.13. The van der Waals surface area contributed by atoms with E-state index in [1.165, 1.54) is 4.90 Å². The highest BCUT2D eigenvalue weighted by Crippen LogP contribution is 2.32. The molecule has 2 aromatic rings. The lowest BCUT2D eigenvalue weighted by molar-refractivity contribution is -0.127. The number of hydrogen-bond acceptors (Lipinski definition) is 4. The molecule has 0 bridgehead atoms. The Kier molecular flexibility index (Phi) is 5.60. The van der Waals surface area contributed by atoms with E-state index in [0.717, 1.165) is 11.3 Å². The molecular formula is C17H16ClN3O2S.